The lowest BCUT2D eigenvalue weighted by Crippen LogP contribution is -2.60. The molecule has 2 aromatic rings. The fourth-order valence-corrected chi connectivity index (χ4v) is 4.55. The Balaban J connectivity index is 1.70. The maximum atomic E-state index is 13.5. The van der Waals surface area contributed by atoms with Crippen LogP contribution in [0.4, 0.5) is 4.79 Å². The minimum Gasteiger partial charge on any atom is -0.463 e. The van der Waals surface area contributed by atoms with Gasteiger partial charge in [0.1, 0.15) is 6.04 Å². The molecule has 0 spiro atoms. The average Bonchev–Trinajstić information content (AvgIpc) is 3.83. The molecule has 14 nitrogen and oxygen atoms in total. The number of hydrogen-bond donors (Lipinski definition) is 4. The van der Waals surface area contributed by atoms with E-state index in [1.807, 2.05) is 6.07 Å². The molecule has 5 atom stereocenters. The number of nitrogens with two attached hydrogens (primary N) is 1. The van der Waals surface area contributed by atoms with Crippen LogP contribution in [0.5, 0.6) is 0 Å². The van der Waals surface area contributed by atoms with Gasteiger partial charge in [0.2, 0.25) is 11.8 Å². The highest BCUT2D eigenvalue weighted by atomic mass is 16.6. The Kier molecular flexibility index (Phi) is 11.9. The zero-order valence-corrected chi connectivity index (χ0v) is 25.5. The van der Waals surface area contributed by atoms with Crippen molar-refractivity contribution in [2.75, 3.05) is 13.6 Å². The number of likely N-dealkylation sites (N-methyl/N-ethyl adjacent to an activating group) is 1. The van der Waals surface area contributed by atoms with Gasteiger partial charge < -0.3 is 26.0 Å². The summed E-state index contributed by atoms with van der Waals surface area (Å²) in [6.45, 7) is 4.38. The lowest BCUT2D eigenvalue weighted by Gasteiger charge is -2.34. The number of aliphatic hydroxyl groups is 1. The first-order valence-electron chi connectivity index (χ1n) is 14.4. The summed E-state index contributed by atoms with van der Waals surface area (Å²) in [5.74, 6) is -4.99. The second-order valence-electron chi connectivity index (χ2n) is 11.0. The van der Waals surface area contributed by atoms with Crippen molar-refractivity contribution in [3.05, 3.63) is 71.8 Å². The molecule has 14 heteroatoms. The van der Waals surface area contributed by atoms with Crippen molar-refractivity contribution < 1.29 is 43.7 Å². The Bertz CT molecular complexity index is 1390. The Morgan fingerprint density at radius 1 is 0.911 bits per heavy atom. The summed E-state index contributed by atoms with van der Waals surface area (Å²) in [6.07, 6.45) is -5.65. The van der Waals surface area contributed by atoms with Crippen LogP contribution in [0.1, 0.15) is 44.4 Å². The highest BCUT2D eigenvalue weighted by molar-refractivity contribution is 6.04. The van der Waals surface area contributed by atoms with Crippen molar-refractivity contribution >= 4 is 35.6 Å². The van der Waals surface area contributed by atoms with Crippen molar-refractivity contribution in [3.8, 4) is 0 Å². The van der Waals surface area contributed by atoms with Crippen LogP contribution in [0.2, 0.25) is 0 Å². The monoisotopic (exact) mass is 625 g/mol. The summed E-state index contributed by atoms with van der Waals surface area (Å²) in [5.41, 5.74) is 7.42. The second-order valence-corrected chi connectivity index (χ2v) is 11.0. The normalized spacial score (nSPS) is 17.4. The summed E-state index contributed by atoms with van der Waals surface area (Å²) in [5, 5.41) is 23.1. The quantitative estimate of drug-likeness (QED) is 0.193. The third-order valence-electron chi connectivity index (χ3n) is 7.38. The van der Waals surface area contributed by atoms with E-state index in [0.717, 1.165) is 12.6 Å². The number of rotatable bonds is 12. The van der Waals surface area contributed by atoms with Crippen LogP contribution in [0.15, 0.2) is 60.7 Å². The Labute approximate surface area is 260 Å². The van der Waals surface area contributed by atoms with Crippen LogP contribution < -0.4 is 11.1 Å². The van der Waals surface area contributed by atoms with Crippen molar-refractivity contribution in [1.29, 1.82) is 0 Å². The number of carbonyl (C=O) groups is 6. The molecule has 2 aromatic carbocycles. The largest absolute Gasteiger partial charge is 0.463 e. The Morgan fingerprint density at radius 2 is 1.49 bits per heavy atom. The lowest BCUT2D eigenvalue weighted by molar-refractivity contribution is -0.165. The minimum atomic E-state index is -1.86. The van der Waals surface area contributed by atoms with Gasteiger partial charge in [0.05, 0.1) is 12.1 Å². The predicted octanol–water partition coefficient (Wildman–Crippen LogP) is 0.843. The van der Waals surface area contributed by atoms with Gasteiger partial charge in [-0.25, -0.2) is 9.80 Å². The smallest absolute Gasteiger partial charge is 0.433 e. The summed E-state index contributed by atoms with van der Waals surface area (Å²) in [4.78, 5) is 78.7. The van der Waals surface area contributed by atoms with E-state index < -0.39 is 66.0 Å². The van der Waals surface area contributed by atoms with Crippen molar-refractivity contribution in [2.24, 2.45) is 11.7 Å². The number of ether oxygens (including phenoxy) is 1. The fourth-order valence-electron chi connectivity index (χ4n) is 4.55. The van der Waals surface area contributed by atoms with Crippen LogP contribution in [0, 0.1) is 5.92 Å². The molecule has 1 aliphatic rings. The highest BCUT2D eigenvalue weighted by Gasteiger charge is 2.54. The highest BCUT2D eigenvalue weighted by Crippen LogP contribution is 2.26. The number of nitrogens with zero attached hydrogens (tertiary/aromatic N) is 3. The van der Waals surface area contributed by atoms with E-state index in [1.165, 1.54) is 6.92 Å². The van der Waals surface area contributed by atoms with Gasteiger partial charge in [-0.05, 0) is 30.4 Å². The fraction of sp³-hybridized carbons (Fsp3) is 0.419. The van der Waals surface area contributed by atoms with Crippen LogP contribution in [0.3, 0.4) is 0 Å². The number of aryl methyl sites for hydroxylation is 1. The first-order chi connectivity index (χ1) is 21.3. The summed E-state index contributed by atoms with van der Waals surface area (Å²) < 4.78 is 5.13. The van der Waals surface area contributed by atoms with E-state index in [-0.39, 0.29) is 30.3 Å². The number of aliphatic hydroxyl groups excluding tert-OH is 1. The van der Waals surface area contributed by atoms with Gasteiger partial charge in [-0.15, -0.1) is 5.01 Å². The molecule has 45 heavy (non-hydrogen) atoms. The Hall–Kier alpha value is -4.66. The molecule has 1 fully saturated rings. The molecule has 6 amide bonds. The summed E-state index contributed by atoms with van der Waals surface area (Å²) >= 11 is 0. The number of hydrazine groups is 1. The van der Waals surface area contributed by atoms with Crippen LogP contribution >= 0.6 is 0 Å². The number of amides is 6. The molecule has 1 saturated heterocycles. The summed E-state index contributed by atoms with van der Waals surface area (Å²) in [6, 6.07) is 14.9. The third-order valence-corrected chi connectivity index (χ3v) is 7.38. The van der Waals surface area contributed by atoms with Gasteiger partial charge in [-0.3, -0.25) is 28.9 Å². The topological polar surface area (TPSA) is 203 Å². The molecular weight excluding hydrogens is 586 g/mol. The van der Waals surface area contributed by atoms with Gasteiger partial charge in [0.15, 0.2) is 12.2 Å². The number of carbonyl (C=O) groups excluding carboxylic acids is 5. The van der Waals surface area contributed by atoms with Gasteiger partial charge in [0, 0.05) is 20.0 Å². The molecule has 0 bridgehead atoms. The Morgan fingerprint density at radius 3 is 2.04 bits per heavy atom. The van der Waals surface area contributed by atoms with Crippen molar-refractivity contribution in [2.45, 2.75) is 64.0 Å². The van der Waals surface area contributed by atoms with E-state index in [9.17, 15) is 39.0 Å². The molecule has 0 aromatic heterocycles. The zero-order valence-electron chi connectivity index (χ0n) is 25.5. The standard InChI is InChI=1S/C31H39N5O9/c1-18(2)24(32)29(41)35(23(38)16-15-20-11-7-5-8-12-20)19(3)28(40)34(4)36(31(43)44)30(42)26-25(45-26)27(39)33-17-22(37)21-13-9-6-10-14-21/h5-14,18-19,22,24-26,37H,15-17,32H2,1-4H3,(H,33,39)(H,43,44)/t19-,22?,24-,25-,26-/m0/s1. The molecule has 5 N–H and O–H groups in total. The SMILES string of the molecule is CC(C)[C@H](N)C(=O)N(C(=O)CCc1ccccc1)[C@@H](C)C(=O)N(C)N(C(=O)O)C(=O)[C@H]1O[C@@H]1C(=O)NCC(O)c1ccccc1. The zero-order chi connectivity index (χ0) is 33.4. The van der Waals surface area contributed by atoms with Crippen LogP contribution in [-0.2, 0) is 35.1 Å². The van der Waals surface area contributed by atoms with E-state index >= 15 is 0 Å². The second kappa shape index (κ2) is 15.4. The molecular formula is C31H39N5O9. The average molecular weight is 626 g/mol. The van der Waals surface area contributed by atoms with E-state index in [4.69, 9.17) is 10.5 Å². The molecule has 1 unspecified atom stereocenters. The first-order valence-corrected chi connectivity index (χ1v) is 14.4. The van der Waals surface area contributed by atoms with Gasteiger partial charge >= 0.3 is 6.09 Å². The molecule has 0 saturated carbocycles. The number of carboxylic acid groups (broad SMARTS) is 1. The van der Waals surface area contributed by atoms with Gasteiger partial charge in [-0.2, -0.15) is 0 Å². The molecule has 0 radical (unpaired) electrons. The molecule has 242 valence electrons. The van der Waals surface area contributed by atoms with E-state index in [1.54, 1.807) is 68.4 Å². The van der Waals surface area contributed by atoms with Gasteiger partial charge in [-0.1, -0.05) is 74.5 Å². The maximum absolute atomic E-state index is 13.5. The van der Waals surface area contributed by atoms with E-state index in [0.29, 0.717) is 15.5 Å². The number of epoxide rings is 1. The number of hydrogen-bond acceptors (Lipinski definition) is 9. The van der Waals surface area contributed by atoms with E-state index in [2.05, 4.69) is 5.32 Å². The third kappa shape index (κ3) is 8.71. The molecule has 1 aliphatic heterocycles. The van der Waals surface area contributed by atoms with Crippen LogP contribution in [0.25, 0.3) is 0 Å². The predicted molar refractivity (Wildman–Crippen MR) is 160 cm³/mol. The first kappa shape index (κ1) is 34.8. The molecule has 1 heterocycles. The van der Waals surface area contributed by atoms with Gasteiger partial charge in [0.25, 0.3) is 17.7 Å². The molecule has 3 rings (SSSR count). The summed E-state index contributed by atoms with van der Waals surface area (Å²) in [7, 11) is 0.984. The lowest BCUT2D eigenvalue weighted by atomic mass is 10.0. The van der Waals surface area contributed by atoms with Crippen molar-refractivity contribution in [3.63, 3.8) is 0 Å². The maximum Gasteiger partial charge on any atom is 0.433 e. The number of imide groups is 2. The molecule has 0 aliphatic carbocycles. The minimum absolute atomic E-state index is 0.0646. The number of nitrogens with one attached hydrogen (secondary N) is 1. The van der Waals surface area contributed by atoms with Crippen molar-refractivity contribution in [1.82, 2.24) is 20.2 Å². The van der Waals surface area contributed by atoms with Crippen LogP contribution in [-0.4, -0.2) is 98.6 Å². The number of benzene rings is 2.